The Kier molecular flexibility index (Phi) is 6.27. The lowest BCUT2D eigenvalue weighted by atomic mass is 9.88. The highest BCUT2D eigenvalue weighted by Gasteiger charge is 2.41. The van der Waals surface area contributed by atoms with Crippen molar-refractivity contribution in [2.75, 3.05) is 31.1 Å². The molecule has 0 saturated carbocycles. The Bertz CT molecular complexity index is 1080. The molecule has 2 fully saturated rings. The number of nitrogens with zero attached hydrogens (tertiary/aromatic N) is 4. The molecule has 1 aromatic carbocycles. The maximum atomic E-state index is 14.4. The van der Waals surface area contributed by atoms with E-state index in [1.54, 1.807) is 18.5 Å². The Hall–Kier alpha value is -2.25. The van der Waals surface area contributed by atoms with Crippen LogP contribution in [0.2, 0.25) is 5.02 Å². The molecule has 5 rings (SSSR count). The number of hydrogen-bond acceptors (Lipinski definition) is 5. The minimum atomic E-state index is -0.481. The number of carbonyl (C=O) groups is 1. The largest absolute Gasteiger partial charge is 0.353 e. The predicted molar refractivity (Wildman–Crippen MR) is 132 cm³/mol. The van der Waals surface area contributed by atoms with Crippen LogP contribution in [0.4, 0.5) is 10.2 Å². The molecule has 1 aliphatic carbocycles. The molecule has 6 nitrogen and oxygen atoms in total. The van der Waals surface area contributed by atoms with E-state index < -0.39 is 11.7 Å². The SMILES string of the molecule is CC1CCc2ncnc(N3CCN(C(=O)C(c4ccc(Cl)c(F)c4)C4CCC(C)(C)N4)CC3)c21. The van der Waals surface area contributed by atoms with Crippen molar-refractivity contribution in [3.63, 3.8) is 0 Å². The third-order valence-electron chi connectivity index (χ3n) is 7.77. The molecule has 0 radical (unpaired) electrons. The molecule has 34 heavy (non-hydrogen) atoms. The first-order chi connectivity index (χ1) is 16.2. The van der Waals surface area contributed by atoms with Gasteiger partial charge in [0.15, 0.2) is 0 Å². The Labute approximate surface area is 205 Å². The van der Waals surface area contributed by atoms with Crippen LogP contribution >= 0.6 is 11.6 Å². The van der Waals surface area contributed by atoms with Gasteiger partial charge in [0.2, 0.25) is 5.91 Å². The number of rotatable bonds is 4. The van der Waals surface area contributed by atoms with Crippen LogP contribution in [-0.4, -0.2) is 58.5 Å². The molecule has 1 aromatic heterocycles. The number of hydrogen-bond donors (Lipinski definition) is 1. The molecule has 2 aliphatic heterocycles. The molecule has 0 spiro atoms. The van der Waals surface area contributed by atoms with Gasteiger partial charge in [-0.3, -0.25) is 4.79 Å². The van der Waals surface area contributed by atoms with Gasteiger partial charge in [-0.2, -0.15) is 0 Å². The normalized spacial score (nSPS) is 24.9. The molecule has 3 atom stereocenters. The first-order valence-electron chi connectivity index (χ1n) is 12.3. The van der Waals surface area contributed by atoms with Crippen LogP contribution in [0, 0.1) is 5.82 Å². The average Bonchev–Trinajstić information content (AvgIpc) is 3.38. The van der Waals surface area contributed by atoms with Gasteiger partial charge < -0.3 is 15.1 Å². The van der Waals surface area contributed by atoms with Crippen molar-refractivity contribution < 1.29 is 9.18 Å². The highest BCUT2D eigenvalue weighted by molar-refractivity contribution is 6.30. The van der Waals surface area contributed by atoms with Gasteiger partial charge in [0.1, 0.15) is 18.0 Å². The molecular formula is C26H33ClFN5O. The fourth-order valence-corrected chi connectivity index (χ4v) is 5.99. The molecule has 2 aromatic rings. The Morgan fingerprint density at radius 2 is 1.97 bits per heavy atom. The van der Waals surface area contributed by atoms with Crippen molar-refractivity contribution in [1.29, 1.82) is 0 Å². The van der Waals surface area contributed by atoms with Crippen LogP contribution in [0.1, 0.15) is 68.7 Å². The van der Waals surface area contributed by atoms with E-state index in [4.69, 9.17) is 11.6 Å². The second-order valence-corrected chi connectivity index (χ2v) is 11.0. The topological polar surface area (TPSA) is 61.4 Å². The Morgan fingerprint density at radius 3 is 2.65 bits per heavy atom. The van der Waals surface area contributed by atoms with Crippen molar-refractivity contribution in [3.8, 4) is 0 Å². The predicted octanol–water partition coefficient (Wildman–Crippen LogP) is 4.28. The smallest absolute Gasteiger partial charge is 0.231 e. The van der Waals surface area contributed by atoms with Gasteiger partial charge in [-0.1, -0.05) is 24.6 Å². The van der Waals surface area contributed by atoms with Crippen LogP contribution in [0.25, 0.3) is 0 Å². The molecule has 182 valence electrons. The Morgan fingerprint density at radius 1 is 1.21 bits per heavy atom. The third kappa shape index (κ3) is 4.40. The zero-order valence-electron chi connectivity index (χ0n) is 20.2. The lowest BCUT2D eigenvalue weighted by Gasteiger charge is -2.39. The number of amides is 1. The van der Waals surface area contributed by atoms with E-state index in [-0.39, 0.29) is 22.5 Å². The molecular weight excluding hydrogens is 453 g/mol. The third-order valence-corrected chi connectivity index (χ3v) is 8.08. The zero-order valence-corrected chi connectivity index (χ0v) is 20.9. The highest BCUT2D eigenvalue weighted by atomic mass is 35.5. The van der Waals surface area contributed by atoms with Gasteiger partial charge in [0, 0.05) is 49.0 Å². The fraction of sp³-hybridized carbons (Fsp3) is 0.577. The van der Waals surface area contributed by atoms with Crippen LogP contribution in [0.15, 0.2) is 24.5 Å². The molecule has 2 saturated heterocycles. The van der Waals surface area contributed by atoms with Gasteiger partial charge in [0.25, 0.3) is 0 Å². The molecule has 3 unspecified atom stereocenters. The second kappa shape index (κ2) is 9.08. The first-order valence-corrected chi connectivity index (χ1v) is 12.7. The van der Waals surface area contributed by atoms with E-state index in [0.717, 1.165) is 50.3 Å². The molecule has 1 amide bonds. The molecule has 0 bridgehead atoms. The summed E-state index contributed by atoms with van der Waals surface area (Å²) < 4.78 is 14.4. The minimum Gasteiger partial charge on any atom is -0.353 e. The van der Waals surface area contributed by atoms with E-state index in [0.29, 0.717) is 24.6 Å². The van der Waals surface area contributed by atoms with Crippen LogP contribution in [0.3, 0.4) is 0 Å². The number of piperazine rings is 1. The summed E-state index contributed by atoms with van der Waals surface area (Å²) in [4.78, 5) is 27.2. The monoisotopic (exact) mass is 485 g/mol. The molecule has 1 N–H and O–H groups in total. The van der Waals surface area contributed by atoms with Gasteiger partial charge in [0.05, 0.1) is 10.9 Å². The van der Waals surface area contributed by atoms with Crippen molar-refractivity contribution in [3.05, 3.63) is 52.2 Å². The van der Waals surface area contributed by atoms with Crippen LogP contribution in [-0.2, 0) is 11.2 Å². The maximum Gasteiger partial charge on any atom is 0.231 e. The molecule has 3 aliphatic rings. The number of anilines is 1. The summed E-state index contributed by atoms with van der Waals surface area (Å²) in [5.41, 5.74) is 3.08. The summed E-state index contributed by atoms with van der Waals surface area (Å²) in [7, 11) is 0. The number of aromatic nitrogens is 2. The van der Waals surface area contributed by atoms with E-state index in [1.165, 1.54) is 11.6 Å². The summed E-state index contributed by atoms with van der Waals surface area (Å²) in [6.45, 7) is 9.24. The summed E-state index contributed by atoms with van der Waals surface area (Å²) in [5, 5.41) is 3.70. The van der Waals surface area contributed by atoms with Crippen LogP contribution < -0.4 is 10.2 Å². The average molecular weight is 486 g/mol. The van der Waals surface area contributed by atoms with Crippen molar-refractivity contribution in [1.82, 2.24) is 20.2 Å². The summed E-state index contributed by atoms with van der Waals surface area (Å²) >= 11 is 5.94. The van der Waals surface area contributed by atoms with Gasteiger partial charge >= 0.3 is 0 Å². The number of fused-ring (bicyclic) bond motifs is 1. The van der Waals surface area contributed by atoms with Crippen molar-refractivity contribution in [2.24, 2.45) is 0 Å². The molecule has 8 heteroatoms. The number of carbonyl (C=O) groups excluding carboxylic acids is 1. The number of halogens is 2. The van der Waals surface area contributed by atoms with E-state index in [1.807, 2.05) is 4.90 Å². The van der Waals surface area contributed by atoms with Crippen LogP contribution in [0.5, 0.6) is 0 Å². The number of aryl methyl sites for hydroxylation is 1. The quantitative estimate of drug-likeness (QED) is 0.700. The minimum absolute atomic E-state index is 0.0351. The van der Waals surface area contributed by atoms with Crippen molar-refractivity contribution in [2.45, 2.75) is 69.9 Å². The lowest BCUT2D eigenvalue weighted by molar-refractivity contribution is -0.133. The van der Waals surface area contributed by atoms with E-state index in [2.05, 4.69) is 41.0 Å². The standard InChI is InChI=1S/C26H33ClFN5O/c1-16-4-7-20-22(16)24(30-15-29-20)32-10-12-33(13-11-32)25(34)23(21-8-9-26(2,3)31-21)17-5-6-18(27)19(28)14-17/h5-6,14-16,21,23,31H,4,7-13H2,1-3H3. The number of nitrogens with one attached hydrogen (secondary N) is 1. The van der Waals surface area contributed by atoms with Gasteiger partial charge in [-0.05, 0) is 63.1 Å². The summed E-state index contributed by atoms with van der Waals surface area (Å²) in [6.07, 6.45) is 5.64. The lowest BCUT2D eigenvalue weighted by Crippen LogP contribution is -2.53. The molecule has 3 heterocycles. The van der Waals surface area contributed by atoms with Crippen molar-refractivity contribution >= 4 is 23.3 Å². The van der Waals surface area contributed by atoms with E-state index >= 15 is 0 Å². The summed E-state index contributed by atoms with van der Waals surface area (Å²) in [6, 6.07) is 4.75. The Balaban J connectivity index is 1.35. The highest BCUT2D eigenvalue weighted by Crippen LogP contribution is 2.38. The van der Waals surface area contributed by atoms with Gasteiger partial charge in [-0.25, -0.2) is 14.4 Å². The zero-order chi connectivity index (χ0) is 24.0. The maximum absolute atomic E-state index is 14.4. The van der Waals surface area contributed by atoms with Gasteiger partial charge in [-0.15, -0.1) is 0 Å². The van der Waals surface area contributed by atoms with E-state index in [9.17, 15) is 9.18 Å². The fourth-order valence-electron chi connectivity index (χ4n) is 5.88. The number of benzene rings is 1. The second-order valence-electron chi connectivity index (χ2n) is 10.6. The first kappa shape index (κ1) is 23.5. The summed E-state index contributed by atoms with van der Waals surface area (Å²) in [5.74, 6) is 0.622.